The van der Waals surface area contributed by atoms with Gasteiger partial charge in [0.05, 0.1) is 5.69 Å². The molecule has 1 N–H and O–H groups in total. The zero-order chi connectivity index (χ0) is 13.1. The predicted molar refractivity (Wildman–Crippen MR) is 75.8 cm³/mol. The van der Waals surface area contributed by atoms with Crippen molar-refractivity contribution in [2.75, 3.05) is 0 Å². The topological polar surface area (TPSA) is 41.6 Å². The standard InChI is InChI=1S/C16H15N3/c1-12-16(13-7-3-2-4-8-13)19-15(18-12)11-14-9-5-6-10-17-14/h2-10H,11H2,1H3,(H,18,19). The Morgan fingerprint density at radius 1 is 1.00 bits per heavy atom. The zero-order valence-electron chi connectivity index (χ0n) is 10.8. The van der Waals surface area contributed by atoms with Gasteiger partial charge in [0.25, 0.3) is 0 Å². The summed E-state index contributed by atoms with van der Waals surface area (Å²) in [6.45, 7) is 2.05. The largest absolute Gasteiger partial charge is 0.345 e. The first-order valence-electron chi connectivity index (χ1n) is 6.34. The summed E-state index contributed by atoms with van der Waals surface area (Å²) in [4.78, 5) is 12.3. The number of aromatic nitrogens is 3. The van der Waals surface area contributed by atoms with Crippen LogP contribution in [-0.2, 0) is 6.42 Å². The van der Waals surface area contributed by atoms with Crippen LogP contribution in [-0.4, -0.2) is 15.0 Å². The van der Waals surface area contributed by atoms with Crippen LogP contribution in [0.2, 0.25) is 0 Å². The van der Waals surface area contributed by atoms with Gasteiger partial charge < -0.3 is 4.98 Å². The molecule has 0 saturated carbocycles. The van der Waals surface area contributed by atoms with Crippen molar-refractivity contribution in [3.8, 4) is 11.3 Å². The third-order valence-corrected chi connectivity index (χ3v) is 3.06. The van der Waals surface area contributed by atoms with E-state index in [0.29, 0.717) is 0 Å². The van der Waals surface area contributed by atoms with Gasteiger partial charge in [-0.3, -0.25) is 4.98 Å². The monoisotopic (exact) mass is 249 g/mol. The van der Waals surface area contributed by atoms with Crippen LogP contribution < -0.4 is 0 Å². The van der Waals surface area contributed by atoms with Gasteiger partial charge in [-0.2, -0.15) is 0 Å². The lowest BCUT2D eigenvalue weighted by atomic mass is 10.1. The summed E-state index contributed by atoms with van der Waals surface area (Å²) in [5, 5.41) is 0. The molecule has 0 amide bonds. The minimum Gasteiger partial charge on any atom is -0.345 e. The van der Waals surface area contributed by atoms with Crippen molar-refractivity contribution < 1.29 is 0 Å². The van der Waals surface area contributed by atoms with Crippen molar-refractivity contribution in [1.29, 1.82) is 0 Å². The third kappa shape index (κ3) is 2.55. The lowest BCUT2D eigenvalue weighted by Gasteiger charge is -1.97. The fraction of sp³-hybridized carbons (Fsp3) is 0.125. The summed E-state index contributed by atoms with van der Waals surface area (Å²) in [5.74, 6) is 0.954. The third-order valence-electron chi connectivity index (χ3n) is 3.06. The number of pyridine rings is 1. The van der Waals surface area contributed by atoms with E-state index in [-0.39, 0.29) is 0 Å². The van der Waals surface area contributed by atoms with Crippen molar-refractivity contribution in [3.63, 3.8) is 0 Å². The molecule has 2 aromatic heterocycles. The van der Waals surface area contributed by atoms with Gasteiger partial charge in [-0.1, -0.05) is 36.4 Å². The fourth-order valence-electron chi connectivity index (χ4n) is 2.16. The molecule has 0 spiro atoms. The van der Waals surface area contributed by atoms with Crippen LogP contribution >= 0.6 is 0 Å². The Labute approximate surface area is 112 Å². The molecule has 94 valence electrons. The molecule has 1 aromatic carbocycles. The molecule has 0 aliphatic heterocycles. The normalized spacial score (nSPS) is 10.6. The maximum absolute atomic E-state index is 4.68. The molecule has 0 radical (unpaired) electrons. The van der Waals surface area contributed by atoms with Gasteiger partial charge in [0.1, 0.15) is 5.82 Å². The SMILES string of the molecule is Cc1[nH]c(Cc2ccccn2)nc1-c1ccccc1. The molecular weight excluding hydrogens is 234 g/mol. The summed E-state index contributed by atoms with van der Waals surface area (Å²) < 4.78 is 0. The van der Waals surface area contributed by atoms with Crippen molar-refractivity contribution in [2.45, 2.75) is 13.3 Å². The van der Waals surface area contributed by atoms with E-state index in [1.54, 1.807) is 0 Å². The van der Waals surface area contributed by atoms with Crippen LogP contribution in [0.25, 0.3) is 11.3 Å². The predicted octanol–water partition coefficient (Wildman–Crippen LogP) is 3.37. The smallest absolute Gasteiger partial charge is 0.113 e. The molecule has 2 heterocycles. The van der Waals surface area contributed by atoms with Crippen LogP contribution in [0.5, 0.6) is 0 Å². The van der Waals surface area contributed by atoms with E-state index >= 15 is 0 Å². The minimum atomic E-state index is 0.731. The molecule has 0 fully saturated rings. The molecule has 0 saturated heterocycles. The molecule has 0 unspecified atom stereocenters. The van der Waals surface area contributed by atoms with Gasteiger partial charge in [0.2, 0.25) is 0 Å². The summed E-state index contributed by atoms with van der Waals surface area (Å²) in [5.41, 5.74) is 4.28. The minimum absolute atomic E-state index is 0.731. The van der Waals surface area contributed by atoms with Crippen LogP contribution in [0, 0.1) is 6.92 Å². The van der Waals surface area contributed by atoms with E-state index in [2.05, 4.69) is 34.0 Å². The van der Waals surface area contributed by atoms with Crippen LogP contribution in [0.15, 0.2) is 54.7 Å². The van der Waals surface area contributed by atoms with E-state index in [4.69, 9.17) is 0 Å². The van der Waals surface area contributed by atoms with Crippen molar-refractivity contribution in [3.05, 3.63) is 71.9 Å². The van der Waals surface area contributed by atoms with E-state index in [0.717, 1.165) is 34.9 Å². The second-order valence-electron chi connectivity index (χ2n) is 4.52. The number of nitrogens with zero attached hydrogens (tertiary/aromatic N) is 2. The summed E-state index contributed by atoms with van der Waals surface area (Å²) in [7, 11) is 0. The first-order chi connectivity index (χ1) is 9.33. The number of benzene rings is 1. The van der Waals surface area contributed by atoms with Gasteiger partial charge in [-0.05, 0) is 19.1 Å². The van der Waals surface area contributed by atoms with Gasteiger partial charge in [-0.25, -0.2) is 4.98 Å². The highest BCUT2D eigenvalue weighted by atomic mass is 14.9. The number of rotatable bonds is 3. The Morgan fingerprint density at radius 2 is 1.79 bits per heavy atom. The van der Waals surface area contributed by atoms with E-state index in [1.807, 2.05) is 42.6 Å². The number of hydrogen-bond donors (Lipinski definition) is 1. The first-order valence-corrected chi connectivity index (χ1v) is 6.34. The number of aryl methyl sites for hydroxylation is 1. The number of H-pyrrole nitrogens is 1. The second-order valence-corrected chi connectivity index (χ2v) is 4.52. The summed E-state index contributed by atoms with van der Waals surface area (Å²) in [6.07, 6.45) is 2.54. The Bertz CT molecular complexity index is 657. The van der Waals surface area contributed by atoms with Gasteiger partial charge in [0, 0.05) is 29.6 Å². The van der Waals surface area contributed by atoms with Crippen molar-refractivity contribution >= 4 is 0 Å². The number of nitrogens with one attached hydrogen (secondary N) is 1. The number of aromatic amines is 1. The van der Waals surface area contributed by atoms with Crippen molar-refractivity contribution in [1.82, 2.24) is 15.0 Å². The van der Waals surface area contributed by atoms with E-state index < -0.39 is 0 Å². The molecule has 0 atom stereocenters. The lowest BCUT2D eigenvalue weighted by molar-refractivity contribution is 0.971. The van der Waals surface area contributed by atoms with Crippen molar-refractivity contribution in [2.24, 2.45) is 0 Å². The highest BCUT2D eigenvalue weighted by Gasteiger charge is 2.09. The average Bonchev–Trinajstić information content (AvgIpc) is 2.82. The fourth-order valence-corrected chi connectivity index (χ4v) is 2.16. The van der Waals surface area contributed by atoms with Crippen LogP contribution in [0.1, 0.15) is 17.2 Å². The molecule has 19 heavy (non-hydrogen) atoms. The van der Waals surface area contributed by atoms with Gasteiger partial charge in [-0.15, -0.1) is 0 Å². The highest BCUT2D eigenvalue weighted by Crippen LogP contribution is 2.21. The van der Waals surface area contributed by atoms with Crippen LogP contribution in [0.4, 0.5) is 0 Å². The Balaban J connectivity index is 1.90. The Hall–Kier alpha value is -2.42. The average molecular weight is 249 g/mol. The lowest BCUT2D eigenvalue weighted by Crippen LogP contribution is -1.93. The van der Waals surface area contributed by atoms with Gasteiger partial charge in [0.15, 0.2) is 0 Å². The molecule has 0 aliphatic carbocycles. The molecule has 3 aromatic rings. The number of hydrogen-bond acceptors (Lipinski definition) is 2. The Kier molecular flexibility index (Phi) is 3.11. The molecule has 3 heteroatoms. The molecule has 0 bridgehead atoms. The summed E-state index contributed by atoms with van der Waals surface area (Å²) >= 11 is 0. The zero-order valence-corrected chi connectivity index (χ0v) is 10.8. The Morgan fingerprint density at radius 3 is 2.53 bits per heavy atom. The maximum Gasteiger partial charge on any atom is 0.113 e. The molecule has 0 aliphatic rings. The molecule has 3 rings (SSSR count). The second kappa shape index (κ2) is 5.06. The van der Waals surface area contributed by atoms with Gasteiger partial charge >= 0.3 is 0 Å². The number of imidazole rings is 1. The van der Waals surface area contributed by atoms with E-state index in [9.17, 15) is 0 Å². The van der Waals surface area contributed by atoms with E-state index in [1.165, 1.54) is 0 Å². The van der Waals surface area contributed by atoms with Crippen LogP contribution in [0.3, 0.4) is 0 Å². The maximum atomic E-state index is 4.68. The quantitative estimate of drug-likeness (QED) is 0.773. The highest BCUT2D eigenvalue weighted by molar-refractivity contribution is 5.61. The molecule has 3 nitrogen and oxygen atoms in total. The first kappa shape index (κ1) is 11.7. The summed E-state index contributed by atoms with van der Waals surface area (Å²) in [6, 6.07) is 16.2. The molecular formula is C16H15N3.